The molecule has 4 heteroatoms. The van der Waals surface area contributed by atoms with E-state index in [4.69, 9.17) is 16.3 Å². The van der Waals surface area contributed by atoms with E-state index < -0.39 is 0 Å². The van der Waals surface area contributed by atoms with Crippen LogP contribution in [0.5, 0.6) is 5.75 Å². The van der Waals surface area contributed by atoms with E-state index in [0.717, 1.165) is 6.54 Å². The average Bonchev–Trinajstić information content (AvgIpc) is 2.11. The molecule has 0 aliphatic heterocycles. The third kappa shape index (κ3) is 5.60. The standard InChI is InChI=1S/C11H17ClN2O/c1-11(2,3)14-4-5-15-10-6-9(12)7-13-8-10/h6-8,14H,4-5H2,1-3H3. The zero-order chi connectivity index (χ0) is 11.3. The van der Waals surface area contributed by atoms with Crippen molar-refractivity contribution >= 4 is 11.6 Å². The third-order valence-corrected chi connectivity index (χ3v) is 1.91. The Labute approximate surface area is 95.8 Å². The fourth-order valence-electron chi connectivity index (χ4n) is 1.07. The molecule has 0 aliphatic carbocycles. The summed E-state index contributed by atoms with van der Waals surface area (Å²) in [5.41, 5.74) is 0.121. The van der Waals surface area contributed by atoms with Gasteiger partial charge in [-0.15, -0.1) is 0 Å². The lowest BCUT2D eigenvalue weighted by Crippen LogP contribution is -2.38. The number of nitrogens with zero attached hydrogens (tertiary/aromatic N) is 1. The molecular weight excluding hydrogens is 212 g/mol. The Morgan fingerprint density at radius 1 is 1.40 bits per heavy atom. The van der Waals surface area contributed by atoms with Crippen molar-refractivity contribution in [3.63, 3.8) is 0 Å². The van der Waals surface area contributed by atoms with E-state index >= 15 is 0 Å². The van der Waals surface area contributed by atoms with E-state index in [1.54, 1.807) is 18.5 Å². The molecule has 0 atom stereocenters. The Bertz CT molecular complexity index is 310. The largest absolute Gasteiger partial charge is 0.491 e. The Morgan fingerprint density at radius 2 is 2.13 bits per heavy atom. The SMILES string of the molecule is CC(C)(C)NCCOc1cncc(Cl)c1. The minimum absolute atomic E-state index is 0.121. The maximum atomic E-state index is 5.77. The molecule has 0 saturated carbocycles. The molecule has 3 nitrogen and oxygen atoms in total. The summed E-state index contributed by atoms with van der Waals surface area (Å²) in [7, 11) is 0. The minimum Gasteiger partial charge on any atom is -0.491 e. The molecule has 0 bridgehead atoms. The predicted octanol–water partition coefficient (Wildman–Crippen LogP) is 2.50. The molecule has 1 N–H and O–H groups in total. The van der Waals surface area contributed by atoms with Gasteiger partial charge in [-0.1, -0.05) is 11.6 Å². The molecule has 0 aliphatic rings. The summed E-state index contributed by atoms with van der Waals surface area (Å²) in [6, 6.07) is 1.76. The normalized spacial score (nSPS) is 11.5. The van der Waals surface area contributed by atoms with E-state index in [-0.39, 0.29) is 5.54 Å². The number of aromatic nitrogens is 1. The van der Waals surface area contributed by atoms with Crippen LogP contribution in [-0.2, 0) is 0 Å². The molecule has 0 amide bonds. The van der Waals surface area contributed by atoms with Gasteiger partial charge in [0.15, 0.2) is 0 Å². The number of nitrogens with one attached hydrogen (secondary N) is 1. The first-order valence-electron chi connectivity index (χ1n) is 4.96. The van der Waals surface area contributed by atoms with Gasteiger partial charge in [-0.3, -0.25) is 4.98 Å². The van der Waals surface area contributed by atoms with Gasteiger partial charge in [0.25, 0.3) is 0 Å². The summed E-state index contributed by atoms with van der Waals surface area (Å²) in [6.45, 7) is 7.77. The molecule has 0 aromatic carbocycles. The Kier molecular flexibility index (Phi) is 4.36. The monoisotopic (exact) mass is 228 g/mol. The van der Waals surface area contributed by atoms with Crippen LogP contribution in [0.15, 0.2) is 18.5 Å². The third-order valence-electron chi connectivity index (χ3n) is 1.71. The van der Waals surface area contributed by atoms with Gasteiger partial charge < -0.3 is 10.1 Å². The lowest BCUT2D eigenvalue weighted by Gasteiger charge is -2.20. The molecule has 1 aromatic heterocycles. The van der Waals surface area contributed by atoms with Crippen LogP contribution in [0.3, 0.4) is 0 Å². The molecule has 0 fully saturated rings. The number of rotatable bonds is 4. The Morgan fingerprint density at radius 3 is 2.73 bits per heavy atom. The molecule has 0 unspecified atom stereocenters. The van der Waals surface area contributed by atoms with Gasteiger partial charge in [0.1, 0.15) is 12.4 Å². The highest BCUT2D eigenvalue weighted by Gasteiger charge is 2.07. The van der Waals surface area contributed by atoms with Crippen LogP contribution in [0.25, 0.3) is 0 Å². The Hall–Kier alpha value is -0.800. The van der Waals surface area contributed by atoms with Crippen molar-refractivity contribution in [1.82, 2.24) is 10.3 Å². The second-order valence-corrected chi connectivity index (χ2v) is 4.80. The summed E-state index contributed by atoms with van der Waals surface area (Å²) in [5.74, 6) is 0.707. The zero-order valence-corrected chi connectivity index (χ0v) is 10.1. The van der Waals surface area contributed by atoms with Crippen LogP contribution < -0.4 is 10.1 Å². The molecule has 84 valence electrons. The smallest absolute Gasteiger partial charge is 0.139 e. The van der Waals surface area contributed by atoms with Gasteiger partial charge in [0, 0.05) is 24.3 Å². The van der Waals surface area contributed by atoms with Crippen molar-refractivity contribution < 1.29 is 4.74 Å². The van der Waals surface area contributed by atoms with E-state index in [2.05, 4.69) is 31.1 Å². The van der Waals surface area contributed by atoms with Crippen LogP contribution in [0.4, 0.5) is 0 Å². The maximum Gasteiger partial charge on any atom is 0.139 e. The van der Waals surface area contributed by atoms with Gasteiger partial charge in [-0.25, -0.2) is 0 Å². The van der Waals surface area contributed by atoms with E-state index in [1.807, 2.05) is 0 Å². The van der Waals surface area contributed by atoms with E-state index in [0.29, 0.717) is 17.4 Å². The summed E-state index contributed by atoms with van der Waals surface area (Å²) in [5, 5.41) is 3.92. The van der Waals surface area contributed by atoms with Crippen LogP contribution in [0.1, 0.15) is 20.8 Å². The molecule has 15 heavy (non-hydrogen) atoms. The maximum absolute atomic E-state index is 5.77. The first kappa shape index (κ1) is 12.3. The second-order valence-electron chi connectivity index (χ2n) is 4.36. The van der Waals surface area contributed by atoms with Crippen molar-refractivity contribution in [2.45, 2.75) is 26.3 Å². The molecule has 1 rings (SSSR count). The van der Waals surface area contributed by atoms with Crippen LogP contribution in [0.2, 0.25) is 5.02 Å². The summed E-state index contributed by atoms with van der Waals surface area (Å²) < 4.78 is 5.47. The first-order chi connectivity index (χ1) is 6.97. The lowest BCUT2D eigenvalue weighted by atomic mass is 10.1. The predicted molar refractivity (Wildman–Crippen MR) is 62.5 cm³/mol. The first-order valence-corrected chi connectivity index (χ1v) is 5.33. The van der Waals surface area contributed by atoms with Crippen LogP contribution in [-0.4, -0.2) is 23.7 Å². The number of ether oxygens (including phenoxy) is 1. The number of pyridine rings is 1. The number of halogens is 1. The van der Waals surface area contributed by atoms with Crippen molar-refractivity contribution in [2.75, 3.05) is 13.2 Å². The van der Waals surface area contributed by atoms with Gasteiger partial charge in [0.05, 0.1) is 11.2 Å². The van der Waals surface area contributed by atoms with Gasteiger partial charge >= 0.3 is 0 Å². The van der Waals surface area contributed by atoms with E-state index in [9.17, 15) is 0 Å². The molecule has 1 heterocycles. The van der Waals surface area contributed by atoms with E-state index in [1.165, 1.54) is 0 Å². The average molecular weight is 229 g/mol. The van der Waals surface area contributed by atoms with Gasteiger partial charge in [-0.05, 0) is 20.8 Å². The minimum atomic E-state index is 0.121. The fourth-order valence-corrected chi connectivity index (χ4v) is 1.23. The highest BCUT2D eigenvalue weighted by molar-refractivity contribution is 6.30. The molecular formula is C11H17ClN2O. The molecule has 0 radical (unpaired) electrons. The highest BCUT2D eigenvalue weighted by Crippen LogP contribution is 2.14. The number of hydrogen-bond acceptors (Lipinski definition) is 3. The second kappa shape index (κ2) is 5.33. The quantitative estimate of drug-likeness (QED) is 0.805. The summed E-state index contributed by atoms with van der Waals surface area (Å²) in [6.07, 6.45) is 3.24. The molecule has 0 spiro atoms. The lowest BCUT2D eigenvalue weighted by molar-refractivity contribution is 0.290. The van der Waals surface area contributed by atoms with Crippen molar-refractivity contribution in [3.05, 3.63) is 23.5 Å². The van der Waals surface area contributed by atoms with Gasteiger partial charge in [0.2, 0.25) is 0 Å². The van der Waals surface area contributed by atoms with Gasteiger partial charge in [-0.2, -0.15) is 0 Å². The molecule has 0 saturated heterocycles. The Balaban J connectivity index is 2.26. The molecule has 1 aromatic rings. The highest BCUT2D eigenvalue weighted by atomic mass is 35.5. The zero-order valence-electron chi connectivity index (χ0n) is 9.38. The van der Waals surface area contributed by atoms with Crippen molar-refractivity contribution in [3.8, 4) is 5.75 Å². The van der Waals surface area contributed by atoms with Crippen LogP contribution in [0, 0.1) is 0 Å². The summed E-state index contributed by atoms with van der Waals surface area (Å²) in [4.78, 5) is 3.93. The topological polar surface area (TPSA) is 34.1 Å². The van der Waals surface area contributed by atoms with Crippen LogP contribution >= 0.6 is 11.6 Å². The fraction of sp³-hybridized carbons (Fsp3) is 0.545. The van der Waals surface area contributed by atoms with Crippen molar-refractivity contribution in [1.29, 1.82) is 0 Å². The number of hydrogen-bond donors (Lipinski definition) is 1. The van der Waals surface area contributed by atoms with Crippen molar-refractivity contribution in [2.24, 2.45) is 0 Å². The summed E-state index contributed by atoms with van der Waals surface area (Å²) >= 11 is 5.77.